The summed E-state index contributed by atoms with van der Waals surface area (Å²) in [6, 6.07) is 9.96. The van der Waals surface area contributed by atoms with Crippen LogP contribution in [-0.4, -0.2) is 29.3 Å². The maximum Gasteiger partial charge on any atom is 0.335 e. The molecule has 0 aliphatic rings. The molecule has 7 nitrogen and oxygen atoms in total. The molecule has 0 atom stereocenters. The minimum Gasteiger partial charge on any atom is -0.478 e. The van der Waals surface area contributed by atoms with E-state index in [4.69, 9.17) is 5.11 Å². The Morgan fingerprint density at radius 1 is 1.16 bits per heavy atom. The summed E-state index contributed by atoms with van der Waals surface area (Å²) >= 11 is 0. The molecular weight excluding hydrogens is 349 g/mol. The highest BCUT2D eigenvalue weighted by Crippen LogP contribution is 2.24. The zero-order valence-electron chi connectivity index (χ0n) is 12.6. The third-order valence-electron chi connectivity index (χ3n) is 3.37. The third-order valence-corrected chi connectivity index (χ3v) is 4.75. The Labute approximate surface area is 142 Å². The van der Waals surface area contributed by atoms with E-state index in [0.717, 1.165) is 6.07 Å². The first-order chi connectivity index (χ1) is 11.9. The number of carbonyl (C=O) groups is 1. The number of sulfonamides is 1. The van der Waals surface area contributed by atoms with E-state index >= 15 is 0 Å². The van der Waals surface area contributed by atoms with Gasteiger partial charge in [-0.05, 0) is 42.5 Å². The molecule has 2 aromatic carbocycles. The van der Waals surface area contributed by atoms with Gasteiger partial charge < -0.3 is 5.11 Å². The first-order valence-corrected chi connectivity index (χ1v) is 8.51. The quantitative estimate of drug-likeness (QED) is 0.727. The van der Waals surface area contributed by atoms with Gasteiger partial charge in [0.1, 0.15) is 5.82 Å². The molecule has 9 heteroatoms. The highest BCUT2D eigenvalue weighted by atomic mass is 32.2. The molecule has 0 spiro atoms. The minimum absolute atomic E-state index is 0.00557. The lowest BCUT2D eigenvalue weighted by Crippen LogP contribution is -2.15. The lowest BCUT2D eigenvalue weighted by Gasteiger charge is -2.13. The van der Waals surface area contributed by atoms with Gasteiger partial charge in [-0.3, -0.25) is 4.72 Å². The van der Waals surface area contributed by atoms with Crippen LogP contribution in [0.15, 0.2) is 65.8 Å². The summed E-state index contributed by atoms with van der Waals surface area (Å²) in [5.41, 5.74) is 0.310. The van der Waals surface area contributed by atoms with Gasteiger partial charge in [0.15, 0.2) is 0 Å². The Morgan fingerprint density at radius 3 is 2.48 bits per heavy atom. The number of carboxylic acids is 1. The fourth-order valence-corrected chi connectivity index (χ4v) is 3.25. The van der Waals surface area contributed by atoms with Crippen LogP contribution in [0.2, 0.25) is 0 Å². The van der Waals surface area contributed by atoms with Crippen molar-refractivity contribution in [2.24, 2.45) is 0 Å². The second kappa shape index (κ2) is 6.36. The molecule has 0 aliphatic heterocycles. The van der Waals surface area contributed by atoms with Crippen LogP contribution >= 0.6 is 0 Å². The lowest BCUT2D eigenvalue weighted by molar-refractivity contribution is 0.0696. The van der Waals surface area contributed by atoms with Gasteiger partial charge in [-0.1, -0.05) is 0 Å². The van der Waals surface area contributed by atoms with E-state index in [2.05, 4.69) is 9.82 Å². The normalized spacial score (nSPS) is 11.2. The summed E-state index contributed by atoms with van der Waals surface area (Å²) in [6.45, 7) is 0. The van der Waals surface area contributed by atoms with Crippen LogP contribution in [0.1, 0.15) is 10.4 Å². The van der Waals surface area contributed by atoms with Crippen molar-refractivity contribution in [3.63, 3.8) is 0 Å². The average Bonchev–Trinajstić information content (AvgIpc) is 3.09. The molecule has 2 N–H and O–H groups in total. The Bertz CT molecular complexity index is 1020. The van der Waals surface area contributed by atoms with Crippen molar-refractivity contribution in [2.45, 2.75) is 4.90 Å². The average molecular weight is 361 g/mol. The molecular formula is C16H12FN3O4S. The van der Waals surface area contributed by atoms with Crippen LogP contribution in [0.5, 0.6) is 0 Å². The molecule has 0 saturated heterocycles. The second-order valence-electron chi connectivity index (χ2n) is 5.05. The summed E-state index contributed by atoms with van der Waals surface area (Å²) in [7, 11) is -4.04. The Balaban J connectivity index is 1.98. The number of aromatic nitrogens is 2. The van der Waals surface area contributed by atoms with E-state index < -0.39 is 21.8 Å². The lowest BCUT2D eigenvalue weighted by atomic mass is 10.2. The minimum atomic E-state index is -4.04. The number of nitrogens with one attached hydrogen (secondary N) is 1. The maximum atomic E-state index is 13.6. The van der Waals surface area contributed by atoms with E-state index in [1.807, 2.05) is 0 Å². The molecule has 1 heterocycles. The van der Waals surface area contributed by atoms with Crippen LogP contribution < -0.4 is 4.72 Å². The fourth-order valence-electron chi connectivity index (χ4n) is 2.18. The number of hydrogen-bond acceptors (Lipinski definition) is 4. The maximum absolute atomic E-state index is 13.6. The van der Waals surface area contributed by atoms with Crippen molar-refractivity contribution < 1.29 is 22.7 Å². The van der Waals surface area contributed by atoms with Crippen molar-refractivity contribution in [3.05, 3.63) is 72.3 Å². The molecule has 0 radical (unpaired) electrons. The van der Waals surface area contributed by atoms with Gasteiger partial charge in [-0.25, -0.2) is 22.3 Å². The van der Waals surface area contributed by atoms with Crippen LogP contribution in [-0.2, 0) is 10.0 Å². The van der Waals surface area contributed by atoms with Gasteiger partial charge in [-0.15, -0.1) is 0 Å². The number of rotatable bonds is 5. The zero-order chi connectivity index (χ0) is 18.0. The predicted octanol–water partition coefficient (Wildman–Crippen LogP) is 2.51. The summed E-state index contributed by atoms with van der Waals surface area (Å²) < 4.78 is 42.3. The number of halogens is 1. The molecule has 0 saturated carbocycles. The summed E-state index contributed by atoms with van der Waals surface area (Å²) in [4.78, 5) is 10.7. The number of anilines is 1. The van der Waals surface area contributed by atoms with Crippen LogP contribution in [0.3, 0.4) is 0 Å². The number of aromatic carboxylic acids is 1. The molecule has 25 heavy (non-hydrogen) atoms. The molecule has 128 valence electrons. The largest absolute Gasteiger partial charge is 0.478 e. The highest BCUT2D eigenvalue weighted by Gasteiger charge is 2.18. The monoisotopic (exact) mass is 361 g/mol. The van der Waals surface area contributed by atoms with Gasteiger partial charge in [0.25, 0.3) is 10.0 Å². The zero-order valence-corrected chi connectivity index (χ0v) is 13.4. The van der Waals surface area contributed by atoms with Crippen LogP contribution in [0.25, 0.3) is 5.69 Å². The summed E-state index contributed by atoms with van der Waals surface area (Å²) in [5.74, 6) is -1.78. The van der Waals surface area contributed by atoms with E-state index in [9.17, 15) is 17.6 Å². The molecule has 1 aromatic heterocycles. The third kappa shape index (κ3) is 3.50. The van der Waals surface area contributed by atoms with Crippen LogP contribution in [0, 0.1) is 5.82 Å². The van der Waals surface area contributed by atoms with Gasteiger partial charge in [0.2, 0.25) is 0 Å². The standard InChI is InChI=1S/C16H12FN3O4S/c17-12-4-7-15(20-9-1-8-18-20)14(10-12)19-25(23,24)13-5-2-11(3-6-13)16(21)22/h1-10,19H,(H,21,22). The number of nitrogens with zero attached hydrogens (tertiary/aromatic N) is 2. The second-order valence-corrected chi connectivity index (χ2v) is 6.73. The molecule has 3 aromatic rings. The number of carboxylic acid groups (broad SMARTS) is 1. The predicted molar refractivity (Wildman–Crippen MR) is 87.7 cm³/mol. The number of benzene rings is 2. The molecule has 0 bridgehead atoms. The summed E-state index contributed by atoms with van der Waals surface area (Å²) in [6.07, 6.45) is 3.10. The van der Waals surface area contributed by atoms with E-state index in [1.54, 1.807) is 12.3 Å². The topological polar surface area (TPSA) is 101 Å². The SMILES string of the molecule is O=C(O)c1ccc(S(=O)(=O)Nc2cc(F)ccc2-n2cccn2)cc1. The molecule has 0 aliphatic carbocycles. The van der Waals surface area contributed by atoms with Crippen molar-refractivity contribution >= 4 is 21.7 Å². The highest BCUT2D eigenvalue weighted by molar-refractivity contribution is 7.92. The van der Waals surface area contributed by atoms with Crippen molar-refractivity contribution in [1.82, 2.24) is 9.78 Å². The van der Waals surface area contributed by atoms with Gasteiger partial charge in [-0.2, -0.15) is 5.10 Å². The molecule has 0 amide bonds. The van der Waals surface area contributed by atoms with Crippen molar-refractivity contribution in [3.8, 4) is 5.69 Å². The van der Waals surface area contributed by atoms with E-state index in [0.29, 0.717) is 5.69 Å². The van der Waals surface area contributed by atoms with Crippen LogP contribution in [0.4, 0.5) is 10.1 Å². The summed E-state index contributed by atoms with van der Waals surface area (Å²) in [5, 5.41) is 12.9. The Kier molecular flexibility index (Phi) is 4.24. The molecule has 3 rings (SSSR count). The smallest absolute Gasteiger partial charge is 0.335 e. The molecule has 0 fully saturated rings. The van der Waals surface area contributed by atoms with Crippen molar-refractivity contribution in [2.75, 3.05) is 4.72 Å². The first kappa shape index (κ1) is 16.7. The van der Waals surface area contributed by atoms with Gasteiger partial charge >= 0.3 is 5.97 Å². The van der Waals surface area contributed by atoms with E-state index in [-0.39, 0.29) is 16.1 Å². The molecule has 0 unspecified atom stereocenters. The fraction of sp³-hybridized carbons (Fsp3) is 0. The van der Waals surface area contributed by atoms with Crippen molar-refractivity contribution in [1.29, 1.82) is 0 Å². The van der Waals surface area contributed by atoms with Gasteiger partial charge in [0, 0.05) is 18.5 Å². The van der Waals surface area contributed by atoms with E-state index in [1.165, 1.54) is 47.3 Å². The Hall–Kier alpha value is -3.20. The van der Waals surface area contributed by atoms with Gasteiger partial charge in [0.05, 0.1) is 21.8 Å². The first-order valence-electron chi connectivity index (χ1n) is 7.02. The number of hydrogen-bond donors (Lipinski definition) is 2. The Morgan fingerprint density at radius 2 is 1.88 bits per heavy atom.